The maximum absolute atomic E-state index is 13.7. The van der Waals surface area contributed by atoms with Gasteiger partial charge in [-0.3, -0.25) is 9.52 Å². The van der Waals surface area contributed by atoms with Gasteiger partial charge in [0.1, 0.15) is 5.69 Å². The zero-order chi connectivity index (χ0) is 27.6. The van der Waals surface area contributed by atoms with Gasteiger partial charge in [0.15, 0.2) is 5.82 Å². The van der Waals surface area contributed by atoms with Crippen LogP contribution in [0.4, 0.5) is 22.9 Å². The number of hydrogen-bond acceptors (Lipinski definition) is 7. The van der Waals surface area contributed by atoms with Gasteiger partial charge >= 0.3 is 0 Å². The van der Waals surface area contributed by atoms with E-state index in [2.05, 4.69) is 24.4 Å². The van der Waals surface area contributed by atoms with Gasteiger partial charge in [-0.15, -0.1) is 0 Å². The molecule has 7 rings (SSSR count). The van der Waals surface area contributed by atoms with Crippen LogP contribution in [0, 0.1) is 17.3 Å². The number of carbonyl (C=O) groups is 1. The van der Waals surface area contributed by atoms with Crippen LogP contribution in [-0.4, -0.2) is 67.5 Å². The maximum Gasteiger partial charge on any atom is 0.274 e. The minimum atomic E-state index is -3.67. The van der Waals surface area contributed by atoms with Crippen LogP contribution in [0.5, 0.6) is 0 Å². The maximum atomic E-state index is 13.7. The number of aryl methyl sites for hydroxylation is 1. The molecule has 10 nitrogen and oxygen atoms in total. The molecule has 2 atom stereocenters. The minimum Gasteiger partial charge on any atom is -0.395 e. The number of nitrogens with one attached hydrogen (secondary N) is 2. The monoisotopic (exact) mass is 564 g/mol. The van der Waals surface area contributed by atoms with Gasteiger partial charge in [-0.25, -0.2) is 13.4 Å². The quantitative estimate of drug-likeness (QED) is 0.384. The van der Waals surface area contributed by atoms with E-state index in [-0.39, 0.29) is 11.7 Å². The van der Waals surface area contributed by atoms with Crippen molar-refractivity contribution in [1.29, 1.82) is 0 Å². The van der Waals surface area contributed by atoms with Crippen molar-refractivity contribution in [2.75, 3.05) is 58.4 Å². The van der Waals surface area contributed by atoms with Gasteiger partial charge in [-0.1, -0.05) is 0 Å². The zero-order valence-electron chi connectivity index (χ0n) is 22.8. The van der Waals surface area contributed by atoms with Crippen LogP contribution in [0.2, 0.25) is 0 Å². The van der Waals surface area contributed by atoms with E-state index in [9.17, 15) is 13.2 Å². The number of rotatable bonds is 8. The fourth-order valence-electron chi connectivity index (χ4n) is 6.61. The number of sulfonamides is 1. The summed E-state index contributed by atoms with van der Waals surface area (Å²) in [6.07, 6.45) is 8.04. The number of carbonyl (C=O) groups excluding carboxylic acids is 1. The Morgan fingerprint density at radius 1 is 1.07 bits per heavy atom. The molecule has 3 aromatic rings. The molecule has 2 unspecified atom stereocenters. The molecule has 1 amide bonds. The van der Waals surface area contributed by atoms with Gasteiger partial charge in [0.05, 0.1) is 34.9 Å². The van der Waals surface area contributed by atoms with Crippen LogP contribution in [-0.2, 0) is 17.1 Å². The van der Waals surface area contributed by atoms with Crippen molar-refractivity contribution in [3.8, 4) is 0 Å². The van der Waals surface area contributed by atoms with Crippen molar-refractivity contribution in [1.82, 2.24) is 9.55 Å². The molecule has 212 valence electrons. The van der Waals surface area contributed by atoms with Crippen LogP contribution in [0.25, 0.3) is 10.9 Å². The SMILES string of the molecule is Cn1ccc2cc(C(=O)Nc3ccc(NS(=O)(=O)CCO)cc3N3CCC4(CC3)CC4)nc(N3CC4CC4C3)c21. The summed E-state index contributed by atoms with van der Waals surface area (Å²) in [5.41, 5.74) is 3.70. The fraction of sp³-hybridized carbons (Fsp3) is 0.517. The van der Waals surface area contributed by atoms with Crippen LogP contribution in [0.3, 0.4) is 0 Å². The highest BCUT2D eigenvalue weighted by Gasteiger charge is 2.46. The first kappa shape index (κ1) is 25.6. The highest BCUT2D eigenvalue weighted by molar-refractivity contribution is 7.92. The third kappa shape index (κ3) is 4.79. The summed E-state index contributed by atoms with van der Waals surface area (Å²) >= 11 is 0. The minimum absolute atomic E-state index is 0.290. The first-order valence-electron chi connectivity index (χ1n) is 14.3. The topological polar surface area (TPSA) is 120 Å². The number of piperidine rings is 2. The second kappa shape index (κ2) is 9.37. The normalized spacial score (nSPS) is 22.9. The number of nitrogens with zero attached hydrogens (tertiary/aromatic N) is 4. The Morgan fingerprint density at radius 2 is 1.82 bits per heavy atom. The summed E-state index contributed by atoms with van der Waals surface area (Å²) < 4.78 is 29.3. The summed E-state index contributed by atoms with van der Waals surface area (Å²) in [6, 6.07) is 9.05. The van der Waals surface area contributed by atoms with E-state index >= 15 is 0 Å². The lowest BCUT2D eigenvalue weighted by Crippen LogP contribution is -2.35. The Bertz CT molecular complexity index is 1580. The van der Waals surface area contributed by atoms with E-state index < -0.39 is 16.6 Å². The molecule has 2 aliphatic heterocycles. The predicted octanol–water partition coefficient (Wildman–Crippen LogP) is 3.40. The molecule has 2 aliphatic carbocycles. The molecule has 1 aromatic carbocycles. The van der Waals surface area contributed by atoms with Gasteiger partial charge in [-0.05, 0) is 79.7 Å². The fourth-order valence-corrected chi connectivity index (χ4v) is 7.43. The van der Waals surface area contributed by atoms with Crippen molar-refractivity contribution in [2.45, 2.75) is 32.1 Å². The van der Waals surface area contributed by atoms with Crippen LogP contribution in [0.1, 0.15) is 42.6 Å². The van der Waals surface area contributed by atoms with E-state index in [4.69, 9.17) is 10.1 Å². The summed E-state index contributed by atoms with van der Waals surface area (Å²) in [5.74, 6) is 1.68. The van der Waals surface area contributed by atoms with Crippen molar-refractivity contribution in [2.24, 2.45) is 24.3 Å². The Labute approximate surface area is 234 Å². The number of amides is 1. The van der Waals surface area contributed by atoms with E-state index in [0.717, 1.165) is 73.3 Å². The lowest BCUT2D eigenvalue weighted by Gasteiger charge is -2.35. The zero-order valence-corrected chi connectivity index (χ0v) is 23.6. The van der Waals surface area contributed by atoms with E-state index in [0.29, 0.717) is 22.5 Å². The third-order valence-corrected chi connectivity index (χ3v) is 10.6. The molecule has 2 saturated carbocycles. The lowest BCUT2D eigenvalue weighted by atomic mass is 9.93. The van der Waals surface area contributed by atoms with Crippen LogP contribution >= 0.6 is 0 Å². The van der Waals surface area contributed by atoms with E-state index in [1.165, 1.54) is 19.3 Å². The van der Waals surface area contributed by atoms with Gasteiger partial charge in [0.25, 0.3) is 5.91 Å². The largest absolute Gasteiger partial charge is 0.395 e. The van der Waals surface area contributed by atoms with E-state index in [1.807, 2.05) is 25.4 Å². The number of anilines is 4. The molecule has 40 heavy (non-hydrogen) atoms. The number of hydrogen-bond donors (Lipinski definition) is 3. The van der Waals surface area contributed by atoms with Crippen LogP contribution in [0.15, 0.2) is 36.5 Å². The smallest absolute Gasteiger partial charge is 0.274 e. The molecular weight excluding hydrogens is 528 g/mol. The Balaban J connectivity index is 1.19. The highest BCUT2D eigenvalue weighted by atomic mass is 32.2. The van der Waals surface area contributed by atoms with Gasteiger partial charge < -0.3 is 24.8 Å². The Morgan fingerprint density at radius 3 is 2.52 bits per heavy atom. The Hall–Kier alpha value is -3.31. The third-order valence-electron chi connectivity index (χ3n) is 9.35. The predicted molar refractivity (Wildman–Crippen MR) is 157 cm³/mol. The summed E-state index contributed by atoms with van der Waals surface area (Å²) in [7, 11) is -1.66. The molecule has 1 spiro atoms. The lowest BCUT2D eigenvalue weighted by molar-refractivity contribution is 0.102. The number of aliphatic hydroxyl groups excluding tert-OH is 1. The molecule has 4 aliphatic rings. The molecular formula is C29H36N6O4S. The molecule has 4 fully saturated rings. The average molecular weight is 565 g/mol. The van der Waals surface area contributed by atoms with Crippen LogP contribution < -0.4 is 19.8 Å². The summed E-state index contributed by atoms with van der Waals surface area (Å²) in [6.45, 7) is 3.22. The van der Waals surface area contributed by atoms with Gasteiger partial charge in [0, 0.05) is 44.8 Å². The molecule has 4 heterocycles. The second-order valence-corrected chi connectivity index (χ2v) is 14.0. The molecule has 11 heteroatoms. The standard InChI is InChI=1S/C29H36N6O4S/c1-33-9-4-19-15-24(30-27(26(19)33)35-17-20-14-21(20)18-35)28(37)31-23-3-2-22(32-40(38,39)13-12-36)16-25(23)34-10-7-29(5-6-29)8-11-34/h2-4,9,15-16,20-21,32,36H,5-8,10-14,17-18H2,1H3,(H,31,37). The highest BCUT2D eigenvalue weighted by Crippen LogP contribution is 2.54. The number of aliphatic hydroxyl groups is 1. The average Bonchev–Trinajstić information content (AvgIpc) is 3.78. The first-order valence-corrected chi connectivity index (χ1v) is 15.9. The Kier molecular flexibility index (Phi) is 6.01. The first-order chi connectivity index (χ1) is 19.2. The molecule has 0 radical (unpaired) electrons. The summed E-state index contributed by atoms with van der Waals surface area (Å²) in [5, 5.41) is 13.2. The molecule has 0 bridgehead atoms. The van der Waals surface area contributed by atoms with Crippen molar-refractivity contribution >= 4 is 49.7 Å². The number of fused-ring (bicyclic) bond motifs is 2. The van der Waals surface area contributed by atoms with Gasteiger partial charge in [-0.2, -0.15) is 0 Å². The number of benzene rings is 1. The second-order valence-electron chi connectivity index (χ2n) is 12.2. The van der Waals surface area contributed by atoms with E-state index in [1.54, 1.807) is 18.2 Å². The van der Waals surface area contributed by atoms with Crippen molar-refractivity contribution in [3.05, 3.63) is 42.2 Å². The summed E-state index contributed by atoms with van der Waals surface area (Å²) in [4.78, 5) is 23.1. The van der Waals surface area contributed by atoms with Gasteiger partial charge in [0.2, 0.25) is 10.0 Å². The number of aromatic nitrogens is 2. The number of pyridine rings is 1. The van der Waals surface area contributed by atoms with Crippen molar-refractivity contribution < 1.29 is 18.3 Å². The molecule has 2 aromatic heterocycles. The van der Waals surface area contributed by atoms with Crippen molar-refractivity contribution in [3.63, 3.8) is 0 Å². The molecule has 3 N–H and O–H groups in total. The molecule has 2 saturated heterocycles.